The third-order valence-electron chi connectivity index (χ3n) is 5.31. The molecule has 0 unspecified atom stereocenters. The first-order valence-corrected chi connectivity index (χ1v) is 12.4. The van der Waals surface area contributed by atoms with E-state index in [4.69, 9.17) is 4.74 Å². The Kier molecular flexibility index (Phi) is 7.38. The first kappa shape index (κ1) is 22.6. The number of nitrogens with one attached hydrogen (secondary N) is 1. The van der Waals surface area contributed by atoms with Crippen LogP contribution in [0.5, 0.6) is 5.75 Å². The molecule has 1 aromatic heterocycles. The lowest BCUT2D eigenvalue weighted by Crippen LogP contribution is -2.47. The van der Waals surface area contributed by atoms with E-state index in [1.54, 1.807) is 41.8 Å². The highest BCUT2D eigenvalue weighted by molar-refractivity contribution is 7.94. The van der Waals surface area contributed by atoms with E-state index in [-0.39, 0.29) is 18.6 Å². The molecule has 30 heavy (non-hydrogen) atoms. The highest BCUT2D eigenvalue weighted by atomic mass is 32.2. The van der Waals surface area contributed by atoms with Crippen molar-refractivity contribution in [3.63, 3.8) is 0 Å². The Bertz CT molecular complexity index is 920. The van der Waals surface area contributed by atoms with Crippen LogP contribution in [0.1, 0.15) is 26.7 Å². The first-order valence-electron chi connectivity index (χ1n) is 10.1. The van der Waals surface area contributed by atoms with Crippen molar-refractivity contribution in [3.05, 3.63) is 41.8 Å². The zero-order valence-electron chi connectivity index (χ0n) is 17.6. The molecule has 1 saturated heterocycles. The number of rotatable bonds is 8. The van der Waals surface area contributed by atoms with Gasteiger partial charge in [0.1, 0.15) is 9.96 Å². The second kappa shape index (κ2) is 9.80. The van der Waals surface area contributed by atoms with Crippen LogP contribution in [0.25, 0.3) is 0 Å². The van der Waals surface area contributed by atoms with E-state index < -0.39 is 10.0 Å². The van der Waals surface area contributed by atoms with Crippen molar-refractivity contribution >= 4 is 33.0 Å². The molecule has 0 bridgehead atoms. The Labute approximate surface area is 182 Å². The summed E-state index contributed by atoms with van der Waals surface area (Å²) in [5.41, 5.74) is 0.525. The third-order valence-corrected chi connectivity index (χ3v) is 8.46. The largest absolute Gasteiger partial charge is 0.484 e. The van der Waals surface area contributed by atoms with Gasteiger partial charge in [0.15, 0.2) is 6.61 Å². The predicted octanol–water partition coefficient (Wildman–Crippen LogP) is 2.94. The highest BCUT2D eigenvalue weighted by Crippen LogP contribution is 2.26. The molecule has 1 amide bonds. The first-order chi connectivity index (χ1) is 14.3. The number of likely N-dealkylation sites (tertiary alicyclic amines) is 1. The topological polar surface area (TPSA) is 79.0 Å². The van der Waals surface area contributed by atoms with Crippen LogP contribution in [0.4, 0.5) is 5.69 Å². The summed E-state index contributed by atoms with van der Waals surface area (Å²) in [7, 11) is -2.05. The second-order valence-corrected chi connectivity index (χ2v) is 10.8. The van der Waals surface area contributed by atoms with Gasteiger partial charge in [0.2, 0.25) is 0 Å². The number of thiophene rings is 1. The lowest BCUT2D eigenvalue weighted by molar-refractivity contribution is -0.124. The Morgan fingerprint density at radius 2 is 1.90 bits per heavy atom. The van der Waals surface area contributed by atoms with Crippen molar-refractivity contribution in [1.29, 1.82) is 0 Å². The van der Waals surface area contributed by atoms with Gasteiger partial charge in [0.25, 0.3) is 15.9 Å². The van der Waals surface area contributed by atoms with Crippen LogP contribution in [0, 0.1) is 0 Å². The molecule has 2 heterocycles. The summed E-state index contributed by atoms with van der Waals surface area (Å²) in [6.07, 6.45) is 1.90. The molecule has 7 nitrogen and oxygen atoms in total. The van der Waals surface area contributed by atoms with Crippen molar-refractivity contribution in [2.75, 3.05) is 31.0 Å². The number of ether oxygens (including phenoxy) is 1. The molecule has 0 aliphatic carbocycles. The number of hydrogen-bond donors (Lipinski definition) is 1. The van der Waals surface area contributed by atoms with E-state index in [2.05, 4.69) is 24.1 Å². The highest BCUT2D eigenvalue weighted by Gasteiger charge is 2.23. The average Bonchev–Trinajstić information content (AvgIpc) is 3.28. The van der Waals surface area contributed by atoms with Gasteiger partial charge in [-0.3, -0.25) is 9.10 Å². The number of carbonyl (C=O) groups excluding carboxylic acids is 1. The molecular weight excluding hydrogens is 422 g/mol. The van der Waals surface area contributed by atoms with Gasteiger partial charge in [-0.25, -0.2) is 8.42 Å². The minimum atomic E-state index is -3.57. The summed E-state index contributed by atoms with van der Waals surface area (Å²) in [5, 5.41) is 4.77. The minimum absolute atomic E-state index is 0.0624. The fourth-order valence-electron chi connectivity index (χ4n) is 3.41. The summed E-state index contributed by atoms with van der Waals surface area (Å²) in [5.74, 6) is 0.380. The third kappa shape index (κ3) is 5.53. The smallest absolute Gasteiger partial charge is 0.273 e. The van der Waals surface area contributed by atoms with E-state index in [0.29, 0.717) is 21.7 Å². The fourth-order valence-corrected chi connectivity index (χ4v) is 5.77. The lowest BCUT2D eigenvalue weighted by atomic mass is 10.0. The summed E-state index contributed by atoms with van der Waals surface area (Å²) >= 11 is 1.18. The van der Waals surface area contributed by atoms with Crippen molar-refractivity contribution in [2.24, 2.45) is 0 Å². The summed E-state index contributed by atoms with van der Waals surface area (Å²) in [4.78, 5) is 14.6. The molecule has 9 heteroatoms. The summed E-state index contributed by atoms with van der Waals surface area (Å²) in [6.45, 7) is 6.30. The molecular formula is C21H29N3O4S2. The van der Waals surface area contributed by atoms with Gasteiger partial charge in [-0.05, 0) is 62.4 Å². The van der Waals surface area contributed by atoms with Crippen LogP contribution in [0.2, 0.25) is 0 Å². The predicted molar refractivity (Wildman–Crippen MR) is 120 cm³/mol. The molecule has 1 aliphatic rings. The number of anilines is 1. The van der Waals surface area contributed by atoms with Gasteiger partial charge < -0.3 is 15.0 Å². The molecule has 1 aliphatic heterocycles. The molecule has 3 rings (SSSR count). The second-order valence-electron chi connectivity index (χ2n) is 7.66. The van der Waals surface area contributed by atoms with Gasteiger partial charge in [-0.1, -0.05) is 6.07 Å². The maximum absolute atomic E-state index is 12.6. The number of sulfonamides is 1. The number of benzene rings is 1. The molecule has 0 spiro atoms. The Hall–Kier alpha value is -2.10. The Morgan fingerprint density at radius 1 is 1.23 bits per heavy atom. The van der Waals surface area contributed by atoms with Crippen LogP contribution in [-0.4, -0.2) is 58.1 Å². The van der Waals surface area contributed by atoms with Crippen molar-refractivity contribution < 1.29 is 17.9 Å². The number of nitrogens with zero attached hydrogens (tertiary/aromatic N) is 2. The van der Waals surface area contributed by atoms with Crippen molar-refractivity contribution in [2.45, 2.75) is 43.0 Å². The molecule has 1 aromatic carbocycles. The summed E-state index contributed by atoms with van der Waals surface area (Å²) < 4.78 is 32.3. The maximum Gasteiger partial charge on any atom is 0.273 e. The van der Waals surface area contributed by atoms with Crippen molar-refractivity contribution in [1.82, 2.24) is 10.2 Å². The summed E-state index contributed by atoms with van der Waals surface area (Å²) in [6, 6.07) is 10.7. The molecule has 0 radical (unpaired) electrons. The molecule has 0 atom stereocenters. The number of hydrogen-bond acceptors (Lipinski definition) is 6. The van der Waals surface area contributed by atoms with Crippen LogP contribution >= 0.6 is 11.3 Å². The zero-order chi connectivity index (χ0) is 21.7. The van der Waals surface area contributed by atoms with Crippen LogP contribution in [0.3, 0.4) is 0 Å². The molecule has 1 N–H and O–H groups in total. The Morgan fingerprint density at radius 3 is 2.47 bits per heavy atom. The van der Waals surface area contributed by atoms with Gasteiger partial charge in [-0.2, -0.15) is 0 Å². The van der Waals surface area contributed by atoms with E-state index in [1.807, 2.05) is 0 Å². The molecule has 1 fully saturated rings. The van der Waals surface area contributed by atoms with E-state index >= 15 is 0 Å². The van der Waals surface area contributed by atoms with Gasteiger partial charge >= 0.3 is 0 Å². The SMILES string of the molecule is CC(C)N1CCC(NC(=O)COc2ccc(N(C)S(=O)(=O)c3cccs3)cc2)CC1. The number of piperidine rings is 1. The molecule has 2 aromatic rings. The zero-order valence-corrected chi connectivity index (χ0v) is 19.2. The monoisotopic (exact) mass is 451 g/mol. The molecule has 0 saturated carbocycles. The lowest BCUT2D eigenvalue weighted by Gasteiger charge is -2.34. The Balaban J connectivity index is 1.48. The fraction of sp³-hybridized carbons (Fsp3) is 0.476. The van der Waals surface area contributed by atoms with E-state index in [1.165, 1.54) is 22.7 Å². The van der Waals surface area contributed by atoms with Crippen LogP contribution in [-0.2, 0) is 14.8 Å². The van der Waals surface area contributed by atoms with Crippen LogP contribution in [0.15, 0.2) is 46.0 Å². The van der Waals surface area contributed by atoms with Crippen molar-refractivity contribution in [3.8, 4) is 5.75 Å². The minimum Gasteiger partial charge on any atom is -0.484 e. The quantitative estimate of drug-likeness (QED) is 0.668. The average molecular weight is 452 g/mol. The standard InChI is InChI=1S/C21H29N3O4S2/c1-16(2)24-12-10-17(11-13-24)22-20(25)15-28-19-8-6-18(7-9-19)23(3)30(26,27)21-5-4-14-29-21/h4-9,14,16-17H,10-13,15H2,1-3H3,(H,22,25). The van der Waals surface area contributed by atoms with Crippen LogP contribution < -0.4 is 14.4 Å². The van der Waals surface area contributed by atoms with Gasteiger partial charge in [0.05, 0.1) is 5.69 Å². The molecule has 164 valence electrons. The number of carbonyl (C=O) groups is 1. The number of amides is 1. The van der Waals surface area contributed by atoms with Gasteiger partial charge in [0, 0.05) is 32.2 Å². The maximum atomic E-state index is 12.6. The normalized spacial score (nSPS) is 15.9. The van der Waals surface area contributed by atoms with E-state index in [0.717, 1.165) is 25.9 Å². The van der Waals surface area contributed by atoms with Gasteiger partial charge in [-0.15, -0.1) is 11.3 Å². The van der Waals surface area contributed by atoms with E-state index in [9.17, 15) is 13.2 Å².